The Morgan fingerprint density at radius 2 is 2.20 bits per heavy atom. The number of hydrogen-bond donors (Lipinski definition) is 1. The number of hydrazone groups is 1. The molecule has 0 heterocycles. The third kappa shape index (κ3) is 4.46. The lowest BCUT2D eigenvalue weighted by atomic mass is 10.2. The highest BCUT2D eigenvalue weighted by atomic mass is 32.2. The average molecular weight is 225 g/mol. The van der Waals surface area contributed by atoms with Gasteiger partial charge in [-0.15, -0.1) is 0 Å². The highest BCUT2D eigenvalue weighted by molar-refractivity contribution is 8.13. The summed E-state index contributed by atoms with van der Waals surface area (Å²) in [5, 5.41) is 15.6. The van der Waals surface area contributed by atoms with Crippen LogP contribution in [-0.4, -0.2) is 17.2 Å². The van der Waals surface area contributed by atoms with Crippen LogP contribution in [0.25, 0.3) is 0 Å². The molecule has 1 aromatic carbocycles. The molecule has 1 rings (SSSR count). The second-order valence-electron chi connectivity index (χ2n) is 2.67. The Kier molecular flexibility index (Phi) is 4.62. The fourth-order valence-electron chi connectivity index (χ4n) is 0.951. The molecule has 80 valence electrons. The Morgan fingerprint density at radius 1 is 1.53 bits per heavy atom. The quantitative estimate of drug-likeness (QED) is 0.368. The molecule has 0 aliphatic carbocycles. The van der Waals surface area contributed by atoms with E-state index in [1.165, 1.54) is 11.8 Å². The standard InChI is InChI=1S/C9H11N3O2S/c1-10-9(11-12(13)14)15-7-8-5-3-2-4-6-8/h2-6H,7H2,1H3,(H,10,11). The van der Waals surface area contributed by atoms with Crippen LogP contribution < -0.4 is 5.32 Å². The zero-order valence-electron chi connectivity index (χ0n) is 8.21. The van der Waals surface area contributed by atoms with E-state index in [1.54, 1.807) is 7.05 Å². The van der Waals surface area contributed by atoms with Crippen LogP contribution in [0, 0.1) is 10.1 Å². The van der Waals surface area contributed by atoms with E-state index in [2.05, 4.69) is 10.4 Å². The van der Waals surface area contributed by atoms with Gasteiger partial charge in [-0.25, -0.2) is 10.1 Å². The largest absolute Gasteiger partial charge is 0.363 e. The minimum Gasteiger partial charge on any atom is -0.363 e. The third-order valence-corrected chi connectivity index (χ3v) is 2.64. The average Bonchev–Trinajstić information content (AvgIpc) is 2.25. The SMILES string of the molecule is CNC(=N[N+](=O)[O-])SCc1ccccc1. The van der Waals surface area contributed by atoms with Crippen molar-refractivity contribution in [3.8, 4) is 0 Å². The van der Waals surface area contributed by atoms with Gasteiger partial charge in [-0.1, -0.05) is 42.1 Å². The van der Waals surface area contributed by atoms with Crippen LogP contribution in [0.5, 0.6) is 0 Å². The van der Waals surface area contributed by atoms with Crippen molar-refractivity contribution in [1.29, 1.82) is 0 Å². The van der Waals surface area contributed by atoms with Gasteiger partial charge in [-0.3, -0.25) is 0 Å². The molecule has 0 atom stereocenters. The molecule has 0 aliphatic rings. The van der Waals surface area contributed by atoms with E-state index in [9.17, 15) is 10.1 Å². The predicted molar refractivity (Wildman–Crippen MR) is 61.2 cm³/mol. The number of amidine groups is 1. The molecule has 0 fully saturated rings. The molecule has 0 amide bonds. The predicted octanol–water partition coefficient (Wildman–Crippen LogP) is 1.69. The van der Waals surface area contributed by atoms with Gasteiger partial charge in [0.15, 0.2) is 5.03 Å². The summed E-state index contributed by atoms with van der Waals surface area (Å²) < 4.78 is 0. The summed E-state index contributed by atoms with van der Waals surface area (Å²) >= 11 is 1.30. The zero-order chi connectivity index (χ0) is 11.1. The molecule has 15 heavy (non-hydrogen) atoms. The van der Waals surface area contributed by atoms with Gasteiger partial charge in [0.25, 0.3) is 0 Å². The number of benzene rings is 1. The third-order valence-electron chi connectivity index (χ3n) is 1.60. The fraction of sp³-hybridized carbons (Fsp3) is 0.222. The first-order chi connectivity index (χ1) is 7.22. The Bertz CT molecular complexity index is 354. The maximum atomic E-state index is 10.1. The second kappa shape index (κ2) is 6.02. The Hall–Kier alpha value is -1.56. The van der Waals surface area contributed by atoms with Gasteiger partial charge < -0.3 is 5.32 Å². The van der Waals surface area contributed by atoms with Crippen molar-refractivity contribution in [1.82, 2.24) is 5.32 Å². The van der Waals surface area contributed by atoms with Crippen molar-refractivity contribution in [2.24, 2.45) is 5.10 Å². The molecule has 1 aromatic rings. The highest BCUT2D eigenvalue weighted by Gasteiger charge is 2.03. The van der Waals surface area contributed by atoms with Crippen LogP contribution in [0.3, 0.4) is 0 Å². The fourth-order valence-corrected chi connectivity index (χ4v) is 1.72. The van der Waals surface area contributed by atoms with E-state index in [0.29, 0.717) is 10.9 Å². The van der Waals surface area contributed by atoms with Gasteiger partial charge in [-0.05, 0) is 5.56 Å². The van der Waals surface area contributed by atoms with Crippen LogP contribution in [0.1, 0.15) is 5.56 Å². The van der Waals surface area contributed by atoms with Gasteiger partial charge in [-0.2, -0.15) is 0 Å². The lowest BCUT2D eigenvalue weighted by Gasteiger charge is -2.01. The van der Waals surface area contributed by atoms with E-state index in [-0.39, 0.29) is 0 Å². The molecule has 1 N–H and O–H groups in total. The number of rotatable bonds is 3. The molecule has 6 heteroatoms. The Morgan fingerprint density at radius 3 is 2.73 bits per heavy atom. The minimum absolute atomic E-state index is 0.309. The summed E-state index contributed by atoms with van der Waals surface area (Å²) in [6.45, 7) is 0. The molecule has 0 spiro atoms. The maximum Gasteiger partial charge on any atom is 0.235 e. The molecule has 0 unspecified atom stereocenters. The first kappa shape index (κ1) is 11.5. The van der Waals surface area contributed by atoms with Crippen LogP contribution in [0.4, 0.5) is 0 Å². The highest BCUT2D eigenvalue weighted by Crippen LogP contribution is 2.12. The topological polar surface area (TPSA) is 67.5 Å². The molecular formula is C9H11N3O2S. The van der Waals surface area contributed by atoms with Crippen LogP contribution >= 0.6 is 11.8 Å². The number of nitrogens with one attached hydrogen (secondary N) is 1. The van der Waals surface area contributed by atoms with Gasteiger partial charge in [0.2, 0.25) is 5.17 Å². The summed E-state index contributed by atoms with van der Waals surface area (Å²) in [4.78, 5) is 10.1. The summed E-state index contributed by atoms with van der Waals surface area (Å²) in [6.07, 6.45) is 0. The van der Waals surface area contributed by atoms with E-state index in [4.69, 9.17) is 0 Å². The molecular weight excluding hydrogens is 214 g/mol. The molecule has 0 saturated carbocycles. The number of nitro groups is 1. The maximum absolute atomic E-state index is 10.1. The van der Waals surface area contributed by atoms with Gasteiger partial charge >= 0.3 is 0 Å². The normalized spacial score (nSPS) is 11.1. The van der Waals surface area contributed by atoms with Gasteiger partial charge in [0.1, 0.15) is 0 Å². The first-order valence-corrected chi connectivity index (χ1v) is 5.28. The smallest absolute Gasteiger partial charge is 0.235 e. The van der Waals surface area contributed by atoms with Gasteiger partial charge in [0, 0.05) is 12.8 Å². The molecule has 0 aliphatic heterocycles. The van der Waals surface area contributed by atoms with Crippen molar-refractivity contribution in [2.75, 3.05) is 7.05 Å². The summed E-state index contributed by atoms with van der Waals surface area (Å²) in [7, 11) is 1.61. The number of thioether (sulfide) groups is 1. The van der Waals surface area contributed by atoms with Crippen molar-refractivity contribution in [3.05, 3.63) is 46.0 Å². The van der Waals surface area contributed by atoms with Crippen molar-refractivity contribution in [3.63, 3.8) is 0 Å². The van der Waals surface area contributed by atoms with Crippen molar-refractivity contribution in [2.45, 2.75) is 5.75 Å². The lowest BCUT2D eigenvalue weighted by molar-refractivity contribution is -0.484. The number of nitrogens with zero attached hydrogens (tertiary/aromatic N) is 2. The van der Waals surface area contributed by atoms with Crippen molar-refractivity contribution < 1.29 is 5.03 Å². The summed E-state index contributed by atoms with van der Waals surface area (Å²) in [5.74, 6) is 0.661. The summed E-state index contributed by atoms with van der Waals surface area (Å²) in [5.41, 5.74) is 1.11. The lowest BCUT2D eigenvalue weighted by Crippen LogP contribution is -2.16. The van der Waals surface area contributed by atoms with E-state index in [1.807, 2.05) is 30.3 Å². The first-order valence-electron chi connectivity index (χ1n) is 4.30. The minimum atomic E-state index is -0.705. The van der Waals surface area contributed by atoms with Crippen LogP contribution in [-0.2, 0) is 5.75 Å². The summed E-state index contributed by atoms with van der Waals surface area (Å²) in [6, 6.07) is 9.72. The van der Waals surface area contributed by atoms with Crippen LogP contribution in [0.15, 0.2) is 35.4 Å². The molecule has 0 aromatic heterocycles. The van der Waals surface area contributed by atoms with Crippen molar-refractivity contribution >= 4 is 16.9 Å². The molecule has 0 radical (unpaired) electrons. The van der Waals surface area contributed by atoms with E-state index < -0.39 is 5.03 Å². The molecule has 0 saturated heterocycles. The zero-order valence-corrected chi connectivity index (χ0v) is 9.03. The molecule has 5 nitrogen and oxygen atoms in total. The Labute approximate surface area is 91.7 Å². The molecule has 0 bridgehead atoms. The number of hydrogen-bond acceptors (Lipinski definition) is 3. The van der Waals surface area contributed by atoms with Crippen LogP contribution in [0.2, 0.25) is 0 Å². The van der Waals surface area contributed by atoms with Gasteiger partial charge in [0.05, 0.1) is 5.10 Å². The Balaban J connectivity index is 2.52. The van der Waals surface area contributed by atoms with E-state index in [0.717, 1.165) is 5.56 Å². The van der Waals surface area contributed by atoms with E-state index >= 15 is 0 Å². The monoisotopic (exact) mass is 225 g/mol. The second-order valence-corrected chi connectivity index (χ2v) is 3.63.